The summed E-state index contributed by atoms with van der Waals surface area (Å²) in [7, 11) is 0. The normalized spacial score (nSPS) is 10.5. The molecule has 2 aromatic heterocycles. The number of carbonyl (C=O) groups excluding carboxylic acids is 1. The molecule has 4 aromatic rings. The van der Waals surface area contributed by atoms with Gasteiger partial charge in [-0.1, -0.05) is 42.5 Å². The fourth-order valence-electron chi connectivity index (χ4n) is 2.79. The molecule has 0 atom stereocenters. The third kappa shape index (κ3) is 3.57. The van der Waals surface area contributed by atoms with Gasteiger partial charge in [0.25, 0.3) is 0 Å². The monoisotopic (exact) mass is 352 g/mol. The first kappa shape index (κ1) is 16.6. The van der Waals surface area contributed by atoms with Crippen LogP contribution in [0.15, 0.2) is 85.2 Å². The number of hydrogen-bond acceptors (Lipinski definition) is 4. The lowest BCUT2D eigenvalue weighted by Gasteiger charge is -2.09. The maximum atomic E-state index is 11.3. The topological polar surface area (TPSA) is 81.8 Å². The Hall–Kier alpha value is -3.86. The van der Waals surface area contributed by atoms with Gasteiger partial charge in [-0.25, -0.2) is 9.97 Å². The molecule has 0 saturated carbocycles. The predicted molar refractivity (Wildman–Crippen MR) is 105 cm³/mol. The minimum Gasteiger partial charge on any atom is -0.366 e. The van der Waals surface area contributed by atoms with E-state index in [1.807, 2.05) is 60.7 Å². The van der Waals surface area contributed by atoms with Crippen LogP contribution < -0.4 is 5.73 Å². The lowest BCUT2D eigenvalue weighted by Crippen LogP contribution is -2.10. The lowest BCUT2D eigenvalue weighted by atomic mass is 10.1. The fourth-order valence-corrected chi connectivity index (χ4v) is 2.79. The van der Waals surface area contributed by atoms with E-state index < -0.39 is 5.91 Å². The number of pyridine rings is 1. The first-order valence-corrected chi connectivity index (χ1v) is 8.46. The van der Waals surface area contributed by atoms with Crippen LogP contribution in [0.25, 0.3) is 33.9 Å². The van der Waals surface area contributed by atoms with Gasteiger partial charge in [-0.15, -0.1) is 0 Å². The summed E-state index contributed by atoms with van der Waals surface area (Å²) >= 11 is 0. The summed E-state index contributed by atoms with van der Waals surface area (Å²) in [5.74, 6) is 0.166. The van der Waals surface area contributed by atoms with Crippen molar-refractivity contribution in [2.75, 3.05) is 0 Å². The summed E-state index contributed by atoms with van der Waals surface area (Å²) in [6, 6.07) is 22.7. The van der Waals surface area contributed by atoms with Gasteiger partial charge in [-0.2, -0.15) is 0 Å². The summed E-state index contributed by atoms with van der Waals surface area (Å²) in [6.07, 6.45) is 3.43. The van der Waals surface area contributed by atoms with Gasteiger partial charge < -0.3 is 5.73 Å². The van der Waals surface area contributed by atoms with Gasteiger partial charge >= 0.3 is 0 Å². The maximum Gasteiger partial charge on any atom is 0.248 e. The molecule has 0 saturated heterocycles. The predicted octanol–water partition coefficient (Wildman–Crippen LogP) is 3.97. The number of rotatable bonds is 4. The molecule has 0 aliphatic rings. The number of carbonyl (C=O) groups is 1. The van der Waals surface area contributed by atoms with Gasteiger partial charge in [0.2, 0.25) is 5.91 Å². The minimum atomic E-state index is -0.452. The van der Waals surface area contributed by atoms with E-state index in [-0.39, 0.29) is 0 Å². The van der Waals surface area contributed by atoms with Crippen molar-refractivity contribution in [3.05, 3.63) is 90.8 Å². The van der Waals surface area contributed by atoms with Gasteiger partial charge in [0.15, 0.2) is 5.82 Å². The molecule has 0 unspecified atom stereocenters. The van der Waals surface area contributed by atoms with Crippen molar-refractivity contribution < 1.29 is 4.79 Å². The van der Waals surface area contributed by atoms with Crippen molar-refractivity contribution in [2.24, 2.45) is 5.73 Å². The van der Waals surface area contributed by atoms with Crippen LogP contribution in [-0.2, 0) is 0 Å². The van der Waals surface area contributed by atoms with E-state index in [0.29, 0.717) is 11.4 Å². The molecule has 0 aliphatic heterocycles. The van der Waals surface area contributed by atoms with Crippen LogP contribution in [-0.4, -0.2) is 20.9 Å². The van der Waals surface area contributed by atoms with Crippen molar-refractivity contribution in [3.63, 3.8) is 0 Å². The van der Waals surface area contributed by atoms with Crippen LogP contribution in [0.3, 0.4) is 0 Å². The smallest absolute Gasteiger partial charge is 0.248 e. The Kier molecular flexibility index (Phi) is 4.41. The van der Waals surface area contributed by atoms with Crippen molar-refractivity contribution in [1.82, 2.24) is 15.0 Å². The summed E-state index contributed by atoms with van der Waals surface area (Å²) in [5, 5.41) is 0. The van der Waals surface area contributed by atoms with Gasteiger partial charge in [-0.05, 0) is 30.3 Å². The van der Waals surface area contributed by atoms with E-state index in [0.717, 1.165) is 28.1 Å². The Morgan fingerprint density at radius 3 is 1.89 bits per heavy atom. The SMILES string of the molecule is NC(=O)c1ccc(-c2cc(-c3ccccc3)nc(-c3ccncc3)n2)cc1. The largest absolute Gasteiger partial charge is 0.366 e. The number of benzene rings is 2. The van der Waals surface area contributed by atoms with Crippen LogP contribution in [0.5, 0.6) is 0 Å². The highest BCUT2D eigenvalue weighted by atomic mass is 16.1. The average Bonchev–Trinajstić information content (AvgIpc) is 2.75. The van der Waals surface area contributed by atoms with Crippen molar-refractivity contribution in [2.45, 2.75) is 0 Å². The van der Waals surface area contributed by atoms with Crippen LogP contribution >= 0.6 is 0 Å². The molecular formula is C22H16N4O. The molecule has 2 aromatic carbocycles. The minimum absolute atomic E-state index is 0.452. The van der Waals surface area contributed by atoms with Gasteiger partial charge in [0, 0.05) is 34.6 Å². The summed E-state index contributed by atoms with van der Waals surface area (Å²) in [5.41, 5.74) is 10.2. The number of primary amides is 1. The molecule has 0 bridgehead atoms. The summed E-state index contributed by atoms with van der Waals surface area (Å²) in [4.78, 5) is 24.8. The van der Waals surface area contributed by atoms with E-state index in [9.17, 15) is 4.79 Å². The molecule has 2 N–H and O–H groups in total. The van der Waals surface area contributed by atoms with Crippen LogP contribution in [0.2, 0.25) is 0 Å². The Balaban J connectivity index is 1.86. The molecule has 0 radical (unpaired) electrons. The van der Waals surface area contributed by atoms with E-state index in [1.165, 1.54) is 0 Å². The van der Waals surface area contributed by atoms with E-state index in [2.05, 4.69) is 4.98 Å². The Morgan fingerprint density at radius 1 is 0.704 bits per heavy atom. The van der Waals surface area contributed by atoms with Crippen LogP contribution in [0.4, 0.5) is 0 Å². The maximum absolute atomic E-state index is 11.3. The zero-order chi connectivity index (χ0) is 18.6. The molecule has 4 rings (SSSR count). The molecule has 1 amide bonds. The number of nitrogens with zero attached hydrogens (tertiary/aromatic N) is 3. The zero-order valence-corrected chi connectivity index (χ0v) is 14.4. The first-order valence-electron chi connectivity index (χ1n) is 8.46. The molecular weight excluding hydrogens is 336 g/mol. The number of nitrogens with two attached hydrogens (primary N) is 1. The summed E-state index contributed by atoms with van der Waals surface area (Å²) < 4.78 is 0. The third-order valence-electron chi connectivity index (χ3n) is 4.20. The molecule has 5 heteroatoms. The highest BCUT2D eigenvalue weighted by Crippen LogP contribution is 2.27. The van der Waals surface area contributed by atoms with Crippen molar-refractivity contribution in [3.8, 4) is 33.9 Å². The van der Waals surface area contributed by atoms with E-state index >= 15 is 0 Å². The van der Waals surface area contributed by atoms with E-state index in [4.69, 9.17) is 15.7 Å². The standard InChI is InChI=1S/C22H16N4O/c23-21(27)17-8-6-16(7-9-17)20-14-19(15-4-2-1-3-5-15)25-22(26-20)18-10-12-24-13-11-18/h1-14H,(H2,23,27). The van der Waals surface area contributed by atoms with Crippen molar-refractivity contribution in [1.29, 1.82) is 0 Å². The van der Waals surface area contributed by atoms with Gasteiger partial charge in [0.05, 0.1) is 11.4 Å². The molecule has 0 aliphatic carbocycles. The second-order valence-electron chi connectivity index (χ2n) is 6.01. The van der Waals surface area contributed by atoms with Crippen molar-refractivity contribution >= 4 is 5.91 Å². The number of hydrogen-bond donors (Lipinski definition) is 1. The van der Waals surface area contributed by atoms with E-state index in [1.54, 1.807) is 24.5 Å². The lowest BCUT2D eigenvalue weighted by molar-refractivity contribution is 0.100. The Morgan fingerprint density at radius 2 is 1.30 bits per heavy atom. The van der Waals surface area contributed by atoms with Crippen LogP contribution in [0, 0.1) is 0 Å². The highest BCUT2D eigenvalue weighted by molar-refractivity contribution is 5.93. The molecule has 2 heterocycles. The average molecular weight is 352 g/mol. The van der Waals surface area contributed by atoms with Gasteiger partial charge in [-0.3, -0.25) is 9.78 Å². The number of amides is 1. The second kappa shape index (κ2) is 7.17. The summed E-state index contributed by atoms with van der Waals surface area (Å²) in [6.45, 7) is 0. The third-order valence-corrected chi connectivity index (χ3v) is 4.20. The zero-order valence-electron chi connectivity index (χ0n) is 14.4. The molecule has 5 nitrogen and oxygen atoms in total. The number of aromatic nitrogens is 3. The van der Waals surface area contributed by atoms with Gasteiger partial charge in [0.1, 0.15) is 0 Å². The Labute approximate surface area is 156 Å². The molecule has 0 spiro atoms. The fraction of sp³-hybridized carbons (Fsp3) is 0. The molecule has 27 heavy (non-hydrogen) atoms. The molecule has 130 valence electrons. The first-order chi connectivity index (χ1) is 13.2. The van der Waals surface area contributed by atoms with Crippen LogP contribution in [0.1, 0.15) is 10.4 Å². The Bertz CT molecular complexity index is 1020. The highest BCUT2D eigenvalue weighted by Gasteiger charge is 2.11. The molecule has 0 fully saturated rings. The quantitative estimate of drug-likeness (QED) is 0.602. The second-order valence-corrected chi connectivity index (χ2v) is 6.01.